The van der Waals surface area contributed by atoms with E-state index in [2.05, 4.69) is 4.98 Å². The highest BCUT2D eigenvalue weighted by Crippen LogP contribution is 2.19. The second-order valence-electron chi connectivity index (χ2n) is 4.54. The second-order valence-corrected chi connectivity index (χ2v) is 4.54. The van der Waals surface area contributed by atoms with Crippen molar-refractivity contribution in [2.45, 2.75) is 6.92 Å². The van der Waals surface area contributed by atoms with Gasteiger partial charge in [0.05, 0.1) is 0 Å². The van der Waals surface area contributed by atoms with E-state index in [-0.39, 0.29) is 5.78 Å². The number of aryl methyl sites for hydroxylation is 1. The van der Waals surface area contributed by atoms with Crippen molar-refractivity contribution >= 4 is 22.6 Å². The molecule has 0 spiro atoms. The molecule has 0 saturated carbocycles. The maximum Gasteiger partial charge on any atom is 0.420 e. The Labute approximate surface area is 110 Å². The molecule has 0 fully saturated rings. The summed E-state index contributed by atoms with van der Waals surface area (Å²) in [5.74, 6) is -0.547. The number of rotatable bonds is 3. The van der Waals surface area contributed by atoms with Gasteiger partial charge >= 0.3 is 5.76 Å². The van der Waals surface area contributed by atoms with Crippen LogP contribution in [0.15, 0.2) is 27.7 Å². The first-order valence-electron chi connectivity index (χ1n) is 5.75. The summed E-state index contributed by atoms with van der Waals surface area (Å²) in [4.78, 5) is 29.0. The molecular weight excluding hydrogens is 246 g/mol. The number of allylic oxidation sites excluding steroid dienone is 1. The fourth-order valence-corrected chi connectivity index (χ4v) is 1.79. The van der Waals surface area contributed by atoms with Crippen molar-refractivity contribution in [2.24, 2.45) is 7.05 Å². The molecule has 0 bridgehead atoms. The summed E-state index contributed by atoms with van der Waals surface area (Å²) in [6.45, 7) is 1.49. The molecule has 0 aromatic carbocycles. The third-order valence-corrected chi connectivity index (χ3v) is 2.70. The quantitative estimate of drug-likeness (QED) is 0.771. The van der Waals surface area contributed by atoms with E-state index in [0.717, 1.165) is 0 Å². The molecule has 6 heteroatoms. The van der Waals surface area contributed by atoms with Gasteiger partial charge < -0.3 is 9.32 Å². The van der Waals surface area contributed by atoms with Crippen LogP contribution in [-0.4, -0.2) is 34.3 Å². The van der Waals surface area contributed by atoms with Crippen molar-refractivity contribution < 1.29 is 9.21 Å². The molecule has 0 aliphatic heterocycles. The summed E-state index contributed by atoms with van der Waals surface area (Å²) in [6.07, 6.45) is 3.28. The molecule has 0 aliphatic carbocycles. The van der Waals surface area contributed by atoms with Crippen LogP contribution in [0.25, 0.3) is 16.8 Å². The largest absolute Gasteiger partial charge is 0.420 e. The molecule has 2 aromatic heterocycles. The van der Waals surface area contributed by atoms with Gasteiger partial charge in [-0.2, -0.15) is 0 Å². The van der Waals surface area contributed by atoms with Gasteiger partial charge in [-0.05, 0) is 13.0 Å². The van der Waals surface area contributed by atoms with E-state index in [0.29, 0.717) is 22.4 Å². The number of Topliss-reactive ketones (excluding diaryl/α,β-unsaturated/α-hetero) is 1. The van der Waals surface area contributed by atoms with E-state index >= 15 is 0 Å². The van der Waals surface area contributed by atoms with Crippen LogP contribution >= 0.6 is 0 Å². The SMILES string of the molecule is CC(=O)C(=CN(C)C)c1cnc2c(c1)oc(=O)n2C. The van der Waals surface area contributed by atoms with Gasteiger partial charge in [0.1, 0.15) is 0 Å². The minimum Gasteiger partial charge on any atom is -0.406 e. The highest BCUT2D eigenvalue weighted by atomic mass is 16.4. The second kappa shape index (κ2) is 4.72. The molecule has 0 amide bonds. The van der Waals surface area contributed by atoms with E-state index in [4.69, 9.17) is 4.42 Å². The molecule has 100 valence electrons. The number of oxazole rings is 1. The van der Waals surface area contributed by atoms with Gasteiger partial charge in [-0.25, -0.2) is 9.78 Å². The lowest BCUT2D eigenvalue weighted by molar-refractivity contribution is -0.111. The average Bonchev–Trinajstić information content (AvgIpc) is 2.61. The lowest BCUT2D eigenvalue weighted by Crippen LogP contribution is -2.09. The van der Waals surface area contributed by atoms with E-state index in [1.165, 1.54) is 11.5 Å². The Morgan fingerprint density at radius 1 is 1.47 bits per heavy atom. The third kappa shape index (κ3) is 2.42. The number of fused-ring (bicyclic) bond motifs is 1. The predicted molar refractivity (Wildman–Crippen MR) is 71.6 cm³/mol. The fourth-order valence-electron chi connectivity index (χ4n) is 1.79. The summed E-state index contributed by atoms with van der Waals surface area (Å²) in [7, 11) is 5.25. The number of carbonyl (C=O) groups is 1. The zero-order valence-corrected chi connectivity index (χ0v) is 11.3. The molecule has 2 aromatic rings. The van der Waals surface area contributed by atoms with Crippen LogP contribution in [0.5, 0.6) is 0 Å². The average molecular weight is 261 g/mol. The number of carbonyl (C=O) groups excluding carboxylic acids is 1. The number of ketones is 1. The summed E-state index contributed by atoms with van der Waals surface area (Å²) in [6, 6.07) is 1.65. The maximum absolute atomic E-state index is 11.7. The molecule has 2 heterocycles. The Kier molecular flexibility index (Phi) is 3.25. The standard InChI is InChI=1S/C13H15N3O3/c1-8(17)10(7-15(2)3)9-5-11-12(14-6-9)16(4)13(18)19-11/h5-7H,1-4H3. The van der Waals surface area contributed by atoms with Crippen LogP contribution in [0.4, 0.5) is 0 Å². The van der Waals surface area contributed by atoms with Gasteiger partial charge in [0, 0.05) is 44.7 Å². The normalized spacial score (nSPS) is 11.9. The van der Waals surface area contributed by atoms with Crippen molar-refractivity contribution in [3.05, 3.63) is 34.6 Å². The first kappa shape index (κ1) is 13.1. The first-order chi connectivity index (χ1) is 8.90. The molecule has 6 nitrogen and oxygen atoms in total. The Morgan fingerprint density at radius 3 is 2.74 bits per heavy atom. The van der Waals surface area contributed by atoms with Gasteiger partial charge in [-0.1, -0.05) is 0 Å². The molecule has 0 unspecified atom stereocenters. The molecule has 0 atom stereocenters. The Balaban J connectivity index is 2.62. The molecule has 0 N–H and O–H groups in total. The van der Waals surface area contributed by atoms with Crippen LogP contribution in [0.1, 0.15) is 12.5 Å². The van der Waals surface area contributed by atoms with E-state index < -0.39 is 5.76 Å². The number of hydrogen-bond acceptors (Lipinski definition) is 5. The fraction of sp³-hybridized carbons (Fsp3) is 0.308. The van der Waals surface area contributed by atoms with Gasteiger partial charge in [-0.15, -0.1) is 0 Å². The number of hydrogen-bond donors (Lipinski definition) is 0. The van der Waals surface area contributed by atoms with Crippen molar-refractivity contribution in [2.75, 3.05) is 14.1 Å². The summed E-state index contributed by atoms with van der Waals surface area (Å²) in [5, 5.41) is 0. The van der Waals surface area contributed by atoms with Crippen molar-refractivity contribution in [1.82, 2.24) is 14.5 Å². The van der Waals surface area contributed by atoms with Crippen LogP contribution in [0.2, 0.25) is 0 Å². The zero-order chi connectivity index (χ0) is 14.2. The molecule has 2 rings (SSSR count). The number of nitrogens with zero attached hydrogens (tertiary/aromatic N) is 3. The van der Waals surface area contributed by atoms with Gasteiger partial charge in [0.25, 0.3) is 0 Å². The Bertz CT molecular complexity index is 722. The van der Waals surface area contributed by atoms with E-state index in [9.17, 15) is 9.59 Å². The van der Waals surface area contributed by atoms with E-state index in [1.807, 2.05) is 14.1 Å². The monoisotopic (exact) mass is 261 g/mol. The van der Waals surface area contributed by atoms with Crippen LogP contribution in [0.3, 0.4) is 0 Å². The first-order valence-corrected chi connectivity index (χ1v) is 5.75. The van der Waals surface area contributed by atoms with Crippen LogP contribution in [-0.2, 0) is 11.8 Å². The smallest absolute Gasteiger partial charge is 0.406 e. The van der Waals surface area contributed by atoms with Gasteiger partial charge in [-0.3, -0.25) is 9.36 Å². The van der Waals surface area contributed by atoms with E-state index in [1.54, 1.807) is 30.4 Å². The molecule has 19 heavy (non-hydrogen) atoms. The Hall–Kier alpha value is -2.37. The summed E-state index contributed by atoms with van der Waals surface area (Å²) >= 11 is 0. The molecular formula is C13H15N3O3. The van der Waals surface area contributed by atoms with Crippen LogP contribution in [0, 0.1) is 0 Å². The minimum atomic E-state index is -0.472. The molecule has 0 radical (unpaired) electrons. The molecule has 0 saturated heterocycles. The summed E-state index contributed by atoms with van der Waals surface area (Å²) in [5.41, 5.74) is 1.98. The highest BCUT2D eigenvalue weighted by Gasteiger charge is 2.13. The maximum atomic E-state index is 11.7. The van der Waals surface area contributed by atoms with Gasteiger partial charge in [0.2, 0.25) is 0 Å². The third-order valence-electron chi connectivity index (χ3n) is 2.70. The minimum absolute atomic E-state index is 0.0758. The lowest BCUT2D eigenvalue weighted by Gasteiger charge is -2.09. The number of aromatic nitrogens is 2. The molecule has 0 aliphatic rings. The highest BCUT2D eigenvalue weighted by molar-refractivity contribution is 6.19. The lowest BCUT2D eigenvalue weighted by atomic mass is 10.1. The number of pyridine rings is 1. The van der Waals surface area contributed by atoms with Crippen molar-refractivity contribution in [3.8, 4) is 0 Å². The topological polar surface area (TPSA) is 68.3 Å². The summed E-state index contributed by atoms with van der Waals surface area (Å²) < 4.78 is 6.39. The predicted octanol–water partition coefficient (Wildman–Crippen LogP) is 1.02. The van der Waals surface area contributed by atoms with Crippen molar-refractivity contribution in [3.63, 3.8) is 0 Å². The zero-order valence-electron chi connectivity index (χ0n) is 11.3. The van der Waals surface area contributed by atoms with Gasteiger partial charge in [0.15, 0.2) is 17.0 Å². The van der Waals surface area contributed by atoms with Crippen molar-refractivity contribution in [1.29, 1.82) is 0 Å². The van der Waals surface area contributed by atoms with Crippen LogP contribution < -0.4 is 5.76 Å². The Morgan fingerprint density at radius 2 is 2.16 bits per heavy atom.